The lowest BCUT2D eigenvalue weighted by molar-refractivity contribution is 0.0310. The Bertz CT molecular complexity index is 419. The number of nitrogen functional groups attached to an aromatic ring is 1. The first-order valence-corrected chi connectivity index (χ1v) is 7.03. The van der Waals surface area contributed by atoms with E-state index in [1.54, 1.807) is 0 Å². The smallest absolute Gasteiger partial charge is 0.124 e. The van der Waals surface area contributed by atoms with E-state index in [0.717, 1.165) is 25.9 Å². The zero-order valence-corrected chi connectivity index (χ0v) is 10.3. The molecule has 5 heteroatoms. The Morgan fingerprint density at radius 2 is 2.29 bits per heavy atom. The number of ether oxygens (including phenoxy) is 1. The molecule has 2 rings (SSSR count). The van der Waals surface area contributed by atoms with Crippen LogP contribution in [0.2, 0.25) is 0 Å². The van der Waals surface area contributed by atoms with Crippen molar-refractivity contribution in [2.75, 3.05) is 18.1 Å². The fourth-order valence-corrected chi connectivity index (χ4v) is 3.26. The van der Waals surface area contributed by atoms with Crippen molar-refractivity contribution in [3.8, 4) is 0 Å². The number of anilines is 1. The van der Waals surface area contributed by atoms with Crippen LogP contribution in [0.3, 0.4) is 0 Å². The number of nitrogens with two attached hydrogens (primary N) is 1. The van der Waals surface area contributed by atoms with E-state index in [4.69, 9.17) is 10.5 Å². The lowest BCUT2D eigenvalue weighted by Gasteiger charge is -2.22. The van der Waals surface area contributed by atoms with Gasteiger partial charge in [0.25, 0.3) is 0 Å². The van der Waals surface area contributed by atoms with Gasteiger partial charge in [-0.2, -0.15) is 0 Å². The van der Waals surface area contributed by atoms with Crippen LogP contribution in [0.15, 0.2) is 23.1 Å². The van der Waals surface area contributed by atoms with Gasteiger partial charge >= 0.3 is 0 Å². The van der Waals surface area contributed by atoms with Gasteiger partial charge in [-0.25, -0.2) is 4.39 Å². The molecule has 1 heterocycles. The highest BCUT2D eigenvalue weighted by atomic mass is 32.2. The maximum Gasteiger partial charge on any atom is 0.124 e. The summed E-state index contributed by atoms with van der Waals surface area (Å²) in [6.45, 7) is 0.723. The molecule has 1 aliphatic heterocycles. The molecule has 0 bridgehead atoms. The first kappa shape index (κ1) is 12.5. The van der Waals surface area contributed by atoms with Crippen LogP contribution in [0.5, 0.6) is 0 Å². The predicted octanol–water partition coefficient (Wildman–Crippen LogP) is 2.08. The molecule has 2 atom stereocenters. The summed E-state index contributed by atoms with van der Waals surface area (Å²) in [6.07, 6.45) is 3.08. The summed E-state index contributed by atoms with van der Waals surface area (Å²) in [5, 5.41) is 0. The Hall–Kier alpha value is -0.940. The van der Waals surface area contributed by atoms with Crippen LogP contribution in [0.25, 0.3) is 0 Å². The van der Waals surface area contributed by atoms with E-state index >= 15 is 0 Å². The van der Waals surface area contributed by atoms with Crippen molar-refractivity contribution in [2.24, 2.45) is 0 Å². The van der Waals surface area contributed by atoms with Crippen LogP contribution in [0.1, 0.15) is 19.3 Å². The summed E-state index contributed by atoms with van der Waals surface area (Å²) in [4.78, 5) is 0.374. The SMILES string of the molecule is Nc1ccc(F)cc1S(=O)CC1CCCCO1. The molecule has 0 aliphatic carbocycles. The molecular weight excluding hydrogens is 241 g/mol. The van der Waals surface area contributed by atoms with Gasteiger partial charge in [-0.1, -0.05) is 0 Å². The lowest BCUT2D eigenvalue weighted by Crippen LogP contribution is -2.25. The molecule has 94 valence electrons. The summed E-state index contributed by atoms with van der Waals surface area (Å²) < 4.78 is 30.6. The maximum atomic E-state index is 13.1. The second kappa shape index (κ2) is 5.60. The average molecular weight is 257 g/mol. The van der Waals surface area contributed by atoms with Gasteiger partial charge in [-0.15, -0.1) is 0 Å². The van der Waals surface area contributed by atoms with Gasteiger partial charge in [-0.05, 0) is 37.5 Å². The number of hydrogen-bond donors (Lipinski definition) is 1. The minimum absolute atomic E-state index is 0.00671. The van der Waals surface area contributed by atoms with Gasteiger partial charge < -0.3 is 10.5 Å². The van der Waals surface area contributed by atoms with E-state index in [-0.39, 0.29) is 6.10 Å². The number of benzene rings is 1. The van der Waals surface area contributed by atoms with Crippen LogP contribution in [0.4, 0.5) is 10.1 Å². The lowest BCUT2D eigenvalue weighted by atomic mass is 10.1. The Labute approximate surface area is 103 Å². The van der Waals surface area contributed by atoms with E-state index < -0.39 is 16.6 Å². The van der Waals surface area contributed by atoms with Crippen molar-refractivity contribution in [3.63, 3.8) is 0 Å². The van der Waals surface area contributed by atoms with Crippen molar-refractivity contribution < 1.29 is 13.3 Å². The highest BCUT2D eigenvalue weighted by Gasteiger charge is 2.19. The van der Waals surface area contributed by atoms with Gasteiger partial charge in [0.2, 0.25) is 0 Å². The summed E-state index contributed by atoms with van der Waals surface area (Å²) in [6, 6.07) is 3.96. The quantitative estimate of drug-likeness (QED) is 0.843. The Balaban J connectivity index is 2.05. The van der Waals surface area contributed by atoms with E-state index in [2.05, 4.69) is 0 Å². The van der Waals surface area contributed by atoms with Crippen molar-refractivity contribution in [3.05, 3.63) is 24.0 Å². The summed E-state index contributed by atoms with van der Waals surface area (Å²) in [7, 11) is -1.29. The molecule has 2 N–H and O–H groups in total. The van der Waals surface area contributed by atoms with E-state index in [0.29, 0.717) is 16.3 Å². The van der Waals surface area contributed by atoms with E-state index in [1.807, 2.05) is 0 Å². The standard InChI is InChI=1S/C12H16FNO2S/c13-9-4-5-11(14)12(7-9)17(15)8-10-3-1-2-6-16-10/h4-5,7,10H,1-3,6,8,14H2. The Kier molecular flexibility index (Phi) is 4.12. The van der Waals surface area contributed by atoms with Crippen molar-refractivity contribution in [1.82, 2.24) is 0 Å². The van der Waals surface area contributed by atoms with Crippen LogP contribution in [-0.2, 0) is 15.5 Å². The number of hydrogen-bond acceptors (Lipinski definition) is 3. The van der Waals surface area contributed by atoms with Crippen molar-refractivity contribution >= 4 is 16.5 Å². The molecule has 1 fully saturated rings. The number of halogens is 1. The van der Waals surface area contributed by atoms with Crippen LogP contribution in [-0.4, -0.2) is 22.7 Å². The zero-order valence-electron chi connectivity index (χ0n) is 9.52. The van der Waals surface area contributed by atoms with Gasteiger partial charge in [-0.3, -0.25) is 4.21 Å². The van der Waals surface area contributed by atoms with Crippen LogP contribution >= 0.6 is 0 Å². The predicted molar refractivity (Wildman–Crippen MR) is 65.7 cm³/mol. The normalized spacial score (nSPS) is 22.3. The minimum Gasteiger partial charge on any atom is -0.398 e. The summed E-state index contributed by atoms with van der Waals surface area (Å²) in [5.41, 5.74) is 6.07. The van der Waals surface area contributed by atoms with E-state index in [1.165, 1.54) is 18.2 Å². The molecule has 0 radical (unpaired) electrons. The average Bonchev–Trinajstić information content (AvgIpc) is 2.33. The highest BCUT2D eigenvalue weighted by molar-refractivity contribution is 7.85. The van der Waals surface area contributed by atoms with Gasteiger partial charge in [0.15, 0.2) is 0 Å². The summed E-state index contributed by atoms with van der Waals surface area (Å²) in [5.74, 6) is -0.0136. The summed E-state index contributed by atoms with van der Waals surface area (Å²) >= 11 is 0. The fourth-order valence-electron chi connectivity index (χ4n) is 1.90. The van der Waals surface area contributed by atoms with Crippen molar-refractivity contribution in [2.45, 2.75) is 30.3 Å². The molecule has 1 aromatic carbocycles. The molecule has 3 nitrogen and oxygen atoms in total. The molecule has 17 heavy (non-hydrogen) atoms. The molecule has 1 saturated heterocycles. The molecule has 0 aromatic heterocycles. The third kappa shape index (κ3) is 3.26. The van der Waals surface area contributed by atoms with Gasteiger partial charge in [0.05, 0.1) is 27.6 Å². The topological polar surface area (TPSA) is 52.3 Å². The zero-order chi connectivity index (χ0) is 12.3. The molecule has 2 unspecified atom stereocenters. The molecule has 0 saturated carbocycles. The molecule has 0 amide bonds. The van der Waals surface area contributed by atoms with Gasteiger partial charge in [0, 0.05) is 12.3 Å². The van der Waals surface area contributed by atoms with Crippen LogP contribution < -0.4 is 5.73 Å². The minimum atomic E-state index is -1.29. The van der Waals surface area contributed by atoms with Gasteiger partial charge in [0.1, 0.15) is 5.82 Å². The van der Waals surface area contributed by atoms with Crippen molar-refractivity contribution in [1.29, 1.82) is 0 Å². The Morgan fingerprint density at radius 1 is 1.47 bits per heavy atom. The molecule has 1 aromatic rings. The van der Waals surface area contributed by atoms with E-state index in [9.17, 15) is 8.60 Å². The second-order valence-corrected chi connectivity index (χ2v) is 5.65. The monoisotopic (exact) mass is 257 g/mol. The fraction of sp³-hybridized carbons (Fsp3) is 0.500. The first-order chi connectivity index (χ1) is 8.16. The highest BCUT2D eigenvalue weighted by Crippen LogP contribution is 2.21. The molecular formula is C12H16FNO2S. The number of rotatable bonds is 3. The third-order valence-corrected chi connectivity index (χ3v) is 4.35. The maximum absolute atomic E-state index is 13.1. The largest absolute Gasteiger partial charge is 0.398 e. The van der Waals surface area contributed by atoms with Crippen LogP contribution in [0, 0.1) is 5.82 Å². The third-order valence-electron chi connectivity index (χ3n) is 2.83. The molecule has 0 spiro atoms. The molecule has 1 aliphatic rings. The second-order valence-electron chi connectivity index (χ2n) is 4.18. The Morgan fingerprint density at radius 3 is 3.00 bits per heavy atom. The first-order valence-electron chi connectivity index (χ1n) is 5.72.